The quantitative estimate of drug-likeness (QED) is 0.683. The fraction of sp³-hybridized carbons (Fsp3) is 0.588. The van der Waals surface area contributed by atoms with Gasteiger partial charge in [-0.25, -0.2) is 0 Å². The highest BCUT2D eigenvalue weighted by Crippen LogP contribution is 2.26. The number of carbonyl (C=O) groups excluding carboxylic acids is 1. The molecule has 0 spiro atoms. The van der Waals surface area contributed by atoms with Gasteiger partial charge in [-0.2, -0.15) is 0 Å². The molecule has 0 heterocycles. The molecule has 0 aliphatic carbocycles. The molecule has 3 N–H and O–H groups in total. The molecule has 118 valence electrons. The molecule has 0 bridgehead atoms. The molecule has 1 atom stereocenters. The van der Waals surface area contributed by atoms with E-state index in [1.54, 1.807) is 18.2 Å². The van der Waals surface area contributed by atoms with E-state index >= 15 is 0 Å². The molecular formula is C17H28N2O2. The van der Waals surface area contributed by atoms with E-state index in [0.29, 0.717) is 36.1 Å². The number of rotatable bonds is 9. The van der Waals surface area contributed by atoms with E-state index in [0.717, 1.165) is 12.8 Å². The smallest absolute Gasteiger partial charge is 0.255 e. The summed E-state index contributed by atoms with van der Waals surface area (Å²) in [5.41, 5.74) is 6.91. The van der Waals surface area contributed by atoms with E-state index in [2.05, 4.69) is 19.2 Å². The Morgan fingerprint density at radius 3 is 2.71 bits per heavy atom. The summed E-state index contributed by atoms with van der Waals surface area (Å²) in [7, 11) is 0. The van der Waals surface area contributed by atoms with Crippen molar-refractivity contribution in [2.75, 3.05) is 18.9 Å². The largest absolute Gasteiger partial charge is 0.491 e. The maximum Gasteiger partial charge on any atom is 0.255 e. The van der Waals surface area contributed by atoms with E-state index in [1.165, 1.54) is 12.8 Å². The van der Waals surface area contributed by atoms with Crippen molar-refractivity contribution in [1.82, 2.24) is 5.32 Å². The third-order valence-electron chi connectivity index (χ3n) is 3.67. The molecule has 1 rings (SSSR count). The Morgan fingerprint density at radius 2 is 2.10 bits per heavy atom. The zero-order chi connectivity index (χ0) is 15.7. The van der Waals surface area contributed by atoms with Gasteiger partial charge in [-0.3, -0.25) is 4.79 Å². The second-order valence-corrected chi connectivity index (χ2v) is 5.28. The van der Waals surface area contributed by atoms with Gasteiger partial charge in [-0.15, -0.1) is 0 Å². The van der Waals surface area contributed by atoms with Crippen LogP contribution in [-0.2, 0) is 0 Å². The Kier molecular flexibility index (Phi) is 7.65. The number of hydrogen-bond donors (Lipinski definition) is 2. The number of para-hydroxylation sites is 1. The number of nitrogens with two attached hydrogens (primary N) is 1. The second-order valence-electron chi connectivity index (χ2n) is 5.28. The summed E-state index contributed by atoms with van der Waals surface area (Å²) in [6.45, 7) is 7.43. The molecule has 0 saturated carbocycles. The number of unbranched alkanes of at least 4 members (excludes halogenated alkanes) is 1. The lowest BCUT2D eigenvalue weighted by Gasteiger charge is -2.17. The Balaban J connectivity index is 2.69. The summed E-state index contributed by atoms with van der Waals surface area (Å²) in [5, 5.41) is 3.01. The summed E-state index contributed by atoms with van der Waals surface area (Å²) in [4.78, 5) is 12.3. The fourth-order valence-electron chi connectivity index (χ4n) is 2.31. The first-order valence-electron chi connectivity index (χ1n) is 7.93. The highest BCUT2D eigenvalue weighted by atomic mass is 16.5. The van der Waals surface area contributed by atoms with Gasteiger partial charge in [0.25, 0.3) is 5.91 Å². The van der Waals surface area contributed by atoms with Crippen LogP contribution in [-0.4, -0.2) is 19.1 Å². The summed E-state index contributed by atoms with van der Waals surface area (Å²) in [6.07, 6.45) is 4.63. The Labute approximate surface area is 128 Å². The van der Waals surface area contributed by atoms with Crippen LogP contribution in [0.4, 0.5) is 5.69 Å². The van der Waals surface area contributed by atoms with Crippen LogP contribution >= 0.6 is 0 Å². The fourth-order valence-corrected chi connectivity index (χ4v) is 2.31. The van der Waals surface area contributed by atoms with Gasteiger partial charge >= 0.3 is 0 Å². The van der Waals surface area contributed by atoms with Crippen molar-refractivity contribution >= 4 is 11.6 Å². The van der Waals surface area contributed by atoms with Crippen LogP contribution in [0.2, 0.25) is 0 Å². The lowest BCUT2D eigenvalue weighted by atomic mass is 9.99. The minimum Gasteiger partial charge on any atom is -0.491 e. The summed E-state index contributed by atoms with van der Waals surface area (Å²) >= 11 is 0. The van der Waals surface area contributed by atoms with Gasteiger partial charge in [-0.1, -0.05) is 39.2 Å². The molecule has 4 heteroatoms. The maximum atomic E-state index is 12.3. The third kappa shape index (κ3) is 5.29. The summed E-state index contributed by atoms with van der Waals surface area (Å²) in [5.74, 6) is 0.908. The normalized spacial score (nSPS) is 12.0. The van der Waals surface area contributed by atoms with Crippen LogP contribution in [0, 0.1) is 5.92 Å². The van der Waals surface area contributed by atoms with E-state index < -0.39 is 0 Å². The number of hydrogen-bond acceptors (Lipinski definition) is 3. The van der Waals surface area contributed by atoms with Gasteiger partial charge in [0, 0.05) is 6.54 Å². The number of carbonyl (C=O) groups is 1. The third-order valence-corrected chi connectivity index (χ3v) is 3.67. The standard InChI is InChI=1S/C17H28N2O2/c1-4-7-9-13(5-2)12-19-17(20)14-10-8-11-15(18)16(14)21-6-3/h8,10-11,13H,4-7,9,12,18H2,1-3H3,(H,19,20). The van der Waals surface area contributed by atoms with Crippen LogP contribution in [0.25, 0.3) is 0 Å². The highest BCUT2D eigenvalue weighted by Gasteiger charge is 2.16. The average Bonchev–Trinajstić information content (AvgIpc) is 2.49. The average molecular weight is 292 g/mol. The van der Waals surface area contributed by atoms with Gasteiger partial charge < -0.3 is 15.8 Å². The molecule has 0 aliphatic heterocycles. The van der Waals surface area contributed by atoms with Crippen LogP contribution < -0.4 is 15.8 Å². The van der Waals surface area contributed by atoms with Crippen LogP contribution in [0.3, 0.4) is 0 Å². The molecule has 0 aliphatic rings. The summed E-state index contributed by atoms with van der Waals surface area (Å²) < 4.78 is 5.50. The van der Waals surface area contributed by atoms with Crippen molar-refractivity contribution in [2.45, 2.75) is 46.5 Å². The van der Waals surface area contributed by atoms with Gasteiger partial charge in [0.1, 0.15) is 0 Å². The minimum atomic E-state index is -0.110. The predicted octanol–water partition coefficient (Wildman–Crippen LogP) is 3.61. The van der Waals surface area contributed by atoms with E-state index in [9.17, 15) is 4.79 Å². The zero-order valence-corrected chi connectivity index (χ0v) is 13.4. The predicted molar refractivity (Wildman–Crippen MR) is 87.7 cm³/mol. The van der Waals surface area contributed by atoms with Crippen molar-refractivity contribution in [3.63, 3.8) is 0 Å². The summed E-state index contributed by atoms with van der Waals surface area (Å²) in [6, 6.07) is 5.28. The lowest BCUT2D eigenvalue weighted by molar-refractivity contribution is 0.0942. The van der Waals surface area contributed by atoms with Crippen LogP contribution in [0.15, 0.2) is 18.2 Å². The number of nitrogens with one attached hydrogen (secondary N) is 1. The molecule has 4 nitrogen and oxygen atoms in total. The Bertz CT molecular complexity index is 446. The first-order valence-corrected chi connectivity index (χ1v) is 7.93. The van der Waals surface area contributed by atoms with Crippen molar-refractivity contribution in [2.24, 2.45) is 5.92 Å². The highest BCUT2D eigenvalue weighted by molar-refractivity contribution is 5.98. The van der Waals surface area contributed by atoms with Gasteiger partial charge in [-0.05, 0) is 31.4 Å². The SMILES string of the molecule is CCCCC(CC)CNC(=O)c1cccc(N)c1OCC. The van der Waals surface area contributed by atoms with Gasteiger partial charge in [0.05, 0.1) is 17.9 Å². The van der Waals surface area contributed by atoms with Gasteiger partial charge in [0.2, 0.25) is 0 Å². The minimum absolute atomic E-state index is 0.110. The Hall–Kier alpha value is -1.71. The number of benzene rings is 1. The number of ether oxygens (including phenoxy) is 1. The van der Waals surface area contributed by atoms with Crippen molar-refractivity contribution in [3.05, 3.63) is 23.8 Å². The molecular weight excluding hydrogens is 264 g/mol. The maximum absolute atomic E-state index is 12.3. The molecule has 0 fully saturated rings. The zero-order valence-electron chi connectivity index (χ0n) is 13.4. The lowest BCUT2D eigenvalue weighted by Crippen LogP contribution is -2.29. The molecule has 0 saturated heterocycles. The number of amides is 1. The molecule has 21 heavy (non-hydrogen) atoms. The van der Waals surface area contributed by atoms with E-state index in [-0.39, 0.29) is 5.91 Å². The molecule has 1 aromatic carbocycles. The van der Waals surface area contributed by atoms with Crippen LogP contribution in [0.5, 0.6) is 5.75 Å². The number of anilines is 1. The van der Waals surface area contributed by atoms with Gasteiger partial charge in [0.15, 0.2) is 5.75 Å². The van der Waals surface area contributed by atoms with Crippen molar-refractivity contribution in [1.29, 1.82) is 0 Å². The molecule has 0 aromatic heterocycles. The number of nitrogen functional groups attached to an aromatic ring is 1. The monoisotopic (exact) mass is 292 g/mol. The first-order chi connectivity index (χ1) is 10.1. The van der Waals surface area contributed by atoms with Crippen molar-refractivity contribution < 1.29 is 9.53 Å². The Morgan fingerprint density at radius 1 is 1.33 bits per heavy atom. The van der Waals surface area contributed by atoms with Crippen LogP contribution in [0.1, 0.15) is 56.8 Å². The molecule has 0 radical (unpaired) electrons. The first kappa shape index (κ1) is 17.3. The molecule has 1 aromatic rings. The van der Waals surface area contributed by atoms with Crippen molar-refractivity contribution in [3.8, 4) is 5.75 Å². The second kappa shape index (κ2) is 9.27. The topological polar surface area (TPSA) is 64.4 Å². The van der Waals surface area contributed by atoms with E-state index in [1.807, 2.05) is 6.92 Å². The molecule has 1 unspecified atom stereocenters. The van der Waals surface area contributed by atoms with E-state index in [4.69, 9.17) is 10.5 Å². The molecule has 1 amide bonds.